The fourth-order valence-electron chi connectivity index (χ4n) is 3.77. The highest BCUT2D eigenvalue weighted by Crippen LogP contribution is 2.35. The molecule has 1 amide bonds. The Balaban J connectivity index is 0.00000245. The lowest BCUT2D eigenvalue weighted by Crippen LogP contribution is -2.59. The van der Waals surface area contributed by atoms with Gasteiger partial charge in [-0.15, -0.1) is 17.5 Å². The topological polar surface area (TPSA) is 97.4 Å². The number of rotatable bonds is 5. The third kappa shape index (κ3) is 3.82. The number of hydrogen-bond acceptors (Lipinski definition) is 6. The number of nitrogens with one attached hydrogen (secondary N) is 2. The summed E-state index contributed by atoms with van der Waals surface area (Å²) >= 11 is 0. The summed E-state index contributed by atoms with van der Waals surface area (Å²) < 4.78 is 33.6. The second-order valence-electron chi connectivity index (χ2n) is 7.43. The van der Waals surface area contributed by atoms with Crippen LogP contribution >= 0.6 is 12.4 Å². The smallest absolute Gasteiger partial charge is 0.269 e. The molecule has 168 valence electrons. The van der Waals surface area contributed by atoms with Crippen LogP contribution in [0.5, 0.6) is 11.5 Å². The lowest BCUT2D eigenvalue weighted by atomic mass is 10.1. The number of fused-ring (bicyclic) bond motifs is 1. The van der Waals surface area contributed by atoms with Crippen molar-refractivity contribution in [3.8, 4) is 17.2 Å². The van der Waals surface area contributed by atoms with Crippen LogP contribution in [-0.2, 0) is 0 Å². The largest absolute Gasteiger partial charge is 0.457 e. The van der Waals surface area contributed by atoms with Crippen molar-refractivity contribution < 1.29 is 18.3 Å². The maximum atomic E-state index is 13.4. The fraction of sp³-hybridized carbons (Fsp3) is 0.238. The number of ether oxygens (including phenoxy) is 1. The summed E-state index contributed by atoms with van der Waals surface area (Å²) in [6.45, 7) is 3.22. The quantitative estimate of drug-likeness (QED) is 0.539. The third-order valence-electron chi connectivity index (χ3n) is 5.44. The van der Waals surface area contributed by atoms with Crippen LogP contribution in [0.3, 0.4) is 0 Å². The van der Waals surface area contributed by atoms with E-state index in [1.807, 2.05) is 0 Å². The number of carbonyl (C=O) groups is 1. The highest BCUT2D eigenvalue weighted by atomic mass is 35.5. The zero-order valence-corrected chi connectivity index (χ0v) is 17.7. The number of benzene rings is 2. The van der Waals surface area contributed by atoms with E-state index in [1.54, 1.807) is 24.3 Å². The number of carbonyl (C=O) groups excluding carboxylic acids is 1. The van der Waals surface area contributed by atoms with Crippen molar-refractivity contribution in [2.75, 3.05) is 36.4 Å². The normalized spacial score (nSPS) is 15.2. The first-order chi connectivity index (χ1) is 15.0. The van der Waals surface area contributed by atoms with Gasteiger partial charge in [0.2, 0.25) is 0 Å². The Labute approximate surface area is 188 Å². The number of hydrogen-bond donors (Lipinski definition) is 3. The van der Waals surface area contributed by atoms with E-state index in [0.717, 1.165) is 31.8 Å². The number of nitrogens with zero attached hydrogens (tertiary/aromatic N) is 3. The summed E-state index contributed by atoms with van der Waals surface area (Å²) in [7, 11) is 0. The summed E-state index contributed by atoms with van der Waals surface area (Å²) in [6.07, 6.45) is 0. The molecule has 0 radical (unpaired) electrons. The van der Waals surface area contributed by atoms with Crippen LogP contribution in [0, 0.1) is 11.6 Å². The van der Waals surface area contributed by atoms with Gasteiger partial charge >= 0.3 is 0 Å². The van der Waals surface area contributed by atoms with E-state index in [1.165, 1.54) is 10.7 Å². The van der Waals surface area contributed by atoms with Crippen molar-refractivity contribution in [1.29, 1.82) is 0 Å². The van der Waals surface area contributed by atoms with Crippen LogP contribution in [0.4, 0.5) is 20.3 Å². The van der Waals surface area contributed by atoms with E-state index in [0.29, 0.717) is 35.5 Å². The van der Waals surface area contributed by atoms with Crippen LogP contribution in [-0.4, -0.2) is 47.9 Å². The van der Waals surface area contributed by atoms with E-state index in [4.69, 9.17) is 10.5 Å². The van der Waals surface area contributed by atoms with Crippen LogP contribution < -0.4 is 26.0 Å². The average molecular weight is 463 g/mol. The van der Waals surface area contributed by atoms with Gasteiger partial charge in [-0.1, -0.05) is 0 Å². The maximum Gasteiger partial charge on any atom is 0.269 e. The molecule has 0 saturated carbocycles. The van der Waals surface area contributed by atoms with E-state index >= 15 is 0 Å². The molecule has 8 nitrogen and oxygen atoms in total. The lowest BCUT2D eigenvalue weighted by molar-refractivity contribution is 0.0993. The summed E-state index contributed by atoms with van der Waals surface area (Å²) in [5.74, 6) is -1.21. The van der Waals surface area contributed by atoms with Crippen molar-refractivity contribution in [2.45, 2.75) is 6.04 Å². The predicted molar refractivity (Wildman–Crippen MR) is 118 cm³/mol. The number of primary amides is 1. The van der Waals surface area contributed by atoms with Gasteiger partial charge < -0.3 is 26.0 Å². The molecule has 0 bridgehead atoms. The molecule has 1 fully saturated rings. The number of amides is 1. The van der Waals surface area contributed by atoms with Gasteiger partial charge in [-0.25, -0.2) is 13.5 Å². The van der Waals surface area contributed by atoms with Gasteiger partial charge in [-0.3, -0.25) is 4.79 Å². The van der Waals surface area contributed by atoms with Gasteiger partial charge in [0.1, 0.15) is 17.2 Å². The van der Waals surface area contributed by atoms with E-state index < -0.39 is 17.5 Å². The minimum Gasteiger partial charge on any atom is -0.457 e. The van der Waals surface area contributed by atoms with E-state index in [-0.39, 0.29) is 23.9 Å². The Bertz CT molecular complexity index is 1150. The molecule has 0 spiro atoms. The Hall–Kier alpha value is -3.37. The maximum absolute atomic E-state index is 13.4. The first-order valence-corrected chi connectivity index (χ1v) is 9.88. The van der Waals surface area contributed by atoms with Crippen LogP contribution in [0.1, 0.15) is 10.5 Å². The standard InChI is InChI=1S/C21H20F2N6O2.ClH/c22-16-6-5-15(9-17(16)23)31-14-3-1-12(2-4-14)29-19(20(24)30)18-21(27-29)28(8-7-26-18)13-10-25-11-13;/h1-6,9,13,25-26H,7-8,10-11H2,(H2,24,30);1H. The molecule has 4 N–H and O–H groups in total. The molecule has 3 aromatic rings. The molecule has 0 atom stereocenters. The Morgan fingerprint density at radius 2 is 1.81 bits per heavy atom. The lowest BCUT2D eigenvalue weighted by Gasteiger charge is -2.40. The second-order valence-corrected chi connectivity index (χ2v) is 7.43. The summed E-state index contributed by atoms with van der Waals surface area (Å²) in [5, 5.41) is 11.2. The molecule has 0 aliphatic carbocycles. The molecule has 1 aromatic heterocycles. The first-order valence-electron chi connectivity index (χ1n) is 9.88. The zero-order valence-electron chi connectivity index (χ0n) is 16.8. The first kappa shape index (κ1) is 21.8. The molecule has 2 aromatic carbocycles. The molecule has 1 saturated heterocycles. The SMILES string of the molecule is Cl.NC(=O)c1c2c(nn1-c1ccc(Oc3ccc(F)c(F)c3)cc1)N(C1CNC1)CCN2. The molecular formula is C21H21ClF2N6O2. The number of anilines is 2. The van der Waals surface area contributed by atoms with E-state index in [2.05, 4.69) is 20.6 Å². The van der Waals surface area contributed by atoms with E-state index in [9.17, 15) is 13.6 Å². The van der Waals surface area contributed by atoms with Gasteiger partial charge in [0.15, 0.2) is 23.1 Å². The summed E-state index contributed by atoms with van der Waals surface area (Å²) in [4.78, 5) is 14.4. The molecule has 3 heterocycles. The van der Waals surface area contributed by atoms with Gasteiger partial charge in [0, 0.05) is 32.2 Å². The minimum atomic E-state index is -0.985. The summed E-state index contributed by atoms with van der Waals surface area (Å²) in [6, 6.07) is 10.4. The van der Waals surface area contributed by atoms with Gasteiger partial charge in [-0.05, 0) is 36.4 Å². The highest BCUT2D eigenvalue weighted by molar-refractivity contribution is 6.00. The Morgan fingerprint density at radius 3 is 2.44 bits per heavy atom. The second kappa shape index (κ2) is 8.64. The molecule has 32 heavy (non-hydrogen) atoms. The highest BCUT2D eigenvalue weighted by Gasteiger charge is 2.34. The van der Waals surface area contributed by atoms with Crippen molar-refractivity contribution in [2.24, 2.45) is 5.73 Å². The fourth-order valence-corrected chi connectivity index (χ4v) is 3.77. The Morgan fingerprint density at radius 1 is 1.09 bits per heavy atom. The van der Waals surface area contributed by atoms with Crippen LogP contribution in [0.25, 0.3) is 5.69 Å². The zero-order chi connectivity index (χ0) is 21.5. The molecule has 11 heteroatoms. The number of halogens is 3. The predicted octanol–water partition coefficient (Wildman–Crippen LogP) is 2.67. The molecule has 5 rings (SSSR count). The Kier molecular flexibility index (Phi) is 5.90. The van der Waals surface area contributed by atoms with Crippen molar-refractivity contribution in [1.82, 2.24) is 15.1 Å². The van der Waals surface area contributed by atoms with Crippen LogP contribution in [0.2, 0.25) is 0 Å². The monoisotopic (exact) mass is 462 g/mol. The summed E-state index contributed by atoms with van der Waals surface area (Å²) in [5.41, 5.74) is 7.22. The number of nitrogens with two attached hydrogens (primary N) is 1. The van der Waals surface area contributed by atoms with Crippen molar-refractivity contribution in [3.05, 3.63) is 59.8 Å². The molecular weight excluding hydrogens is 442 g/mol. The molecule has 2 aliphatic rings. The van der Waals surface area contributed by atoms with Gasteiger partial charge in [0.05, 0.1) is 11.7 Å². The van der Waals surface area contributed by atoms with Gasteiger partial charge in [0.25, 0.3) is 5.91 Å². The molecule has 0 unspecified atom stereocenters. The average Bonchev–Trinajstić information content (AvgIpc) is 3.11. The van der Waals surface area contributed by atoms with Gasteiger partial charge in [-0.2, -0.15) is 0 Å². The molecule has 2 aliphatic heterocycles. The number of aromatic nitrogens is 2. The van der Waals surface area contributed by atoms with Crippen molar-refractivity contribution in [3.63, 3.8) is 0 Å². The third-order valence-corrected chi connectivity index (χ3v) is 5.44. The van der Waals surface area contributed by atoms with Crippen LogP contribution in [0.15, 0.2) is 42.5 Å². The van der Waals surface area contributed by atoms with Crippen molar-refractivity contribution >= 4 is 29.8 Å². The minimum absolute atomic E-state index is 0.